The summed E-state index contributed by atoms with van der Waals surface area (Å²) in [4.78, 5) is 21.4. The van der Waals surface area contributed by atoms with Crippen LogP contribution in [0.2, 0.25) is 0 Å². The van der Waals surface area contributed by atoms with Gasteiger partial charge in [0.05, 0.1) is 12.8 Å². The van der Waals surface area contributed by atoms with Crippen molar-refractivity contribution in [2.45, 2.75) is 19.4 Å². The molecule has 4 aromatic rings. The van der Waals surface area contributed by atoms with Crippen molar-refractivity contribution in [3.8, 4) is 17.2 Å². The number of carbonyl (C=O) groups is 1. The second-order valence-corrected chi connectivity index (χ2v) is 6.16. The van der Waals surface area contributed by atoms with Crippen molar-refractivity contribution < 1.29 is 13.9 Å². The summed E-state index contributed by atoms with van der Waals surface area (Å²) in [7, 11) is 1.55. The topological polar surface area (TPSA) is 95.1 Å². The maximum Gasteiger partial charge on any atom is 0.249 e. The van der Waals surface area contributed by atoms with Crippen LogP contribution in [-0.2, 0) is 4.79 Å². The van der Waals surface area contributed by atoms with Crippen LogP contribution < -0.4 is 10.1 Å². The number of fused-ring (bicyclic) bond motifs is 1. The molecule has 3 heterocycles. The second kappa shape index (κ2) is 7.51. The van der Waals surface area contributed by atoms with Gasteiger partial charge in [0.2, 0.25) is 11.8 Å². The third kappa shape index (κ3) is 3.32. The number of ether oxygens (including phenoxy) is 1. The van der Waals surface area contributed by atoms with E-state index in [0.717, 1.165) is 0 Å². The van der Waals surface area contributed by atoms with E-state index in [4.69, 9.17) is 9.15 Å². The first-order chi connectivity index (χ1) is 13.7. The van der Waals surface area contributed by atoms with Gasteiger partial charge in [-0.05, 0) is 42.8 Å². The summed E-state index contributed by atoms with van der Waals surface area (Å²) in [5.74, 6) is 0.786. The molecule has 0 aliphatic rings. The van der Waals surface area contributed by atoms with Crippen molar-refractivity contribution in [1.82, 2.24) is 19.7 Å². The van der Waals surface area contributed by atoms with Crippen molar-refractivity contribution >= 4 is 22.8 Å². The number of anilines is 1. The number of methoxy groups -OCH3 is 1. The molecule has 0 bridgehead atoms. The van der Waals surface area contributed by atoms with E-state index in [1.54, 1.807) is 60.7 Å². The van der Waals surface area contributed by atoms with Crippen LogP contribution in [0.5, 0.6) is 5.75 Å². The minimum Gasteiger partial charge on any atom is -0.495 e. The van der Waals surface area contributed by atoms with Gasteiger partial charge in [-0.1, -0.05) is 6.92 Å². The standard InChI is InChI=1S/C20H19N5O3/c1-3-15(25-11-5-10-22-25)19(26)23-14-12-13(7-8-16(14)27-2)20-24-18-17(28-20)6-4-9-21-18/h4-12,15H,3H2,1-2H3,(H,23,26). The van der Waals surface area contributed by atoms with E-state index in [1.165, 1.54) is 0 Å². The summed E-state index contributed by atoms with van der Waals surface area (Å²) in [6.45, 7) is 1.94. The first-order valence-corrected chi connectivity index (χ1v) is 8.89. The molecule has 0 fully saturated rings. The van der Waals surface area contributed by atoms with Gasteiger partial charge in [0.1, 0.15) is 11.8 Å². The molecule has 1 amide bonds. The maximum absolute atomic E-state index is 12.8. The van der Waals surface area contributed by atoms with E-state index in [1.807, 2.05) is 13.0 Å². The van der Waals surface area contributed by atoms with Crippen LogP contribution in [0.25, 0.3) is 22.7 Å². The van der Waals surface area contributed by atoms with Gasteiger partial charge in [0.15, 0.2) is 11.2 Å². The molecule has 1 unspecified atom stereocenters. The highest BCUT2D eigenvalue weighted by Crippen LogP contribution is 2.32. The van der Waals surface area contributed by atoms with Crippen LogP contribution in [0.15, 0.2) is 59.4 Å². The molecule has 1 atom stereocenters. The highest BCUT2D eigenvalue weighted by atomic mass is 16.5. The van der Waals surface area contributed by atoms with Crippen molar-refractivity contribution in [2.24, 2.45) is 0 Å². The molecule has 4 rings (SSSR count). The molecule has 0 radical (unpaired) electrons. The number of benzene rings is 1. The molecular formula is C20H19N5O3. The number of pyridine rings is 1. The number of oxazole rings is 1. The number of amides is 1. The Morgan fingerprint density at radius 3 is 2.89 bits per heavy atom. The Morgan fingerprint density at radius 1 is 1.29 bits per heavy atom. The van der Waals surface area contributed by atoms with Crippen molar-refractivity contribution in [1.29, 1.82) is 0 Å². The second-order valence-electron chi connectivity index (χ2n) is 6.16. The quantitative estimate of drug-likeness (QED) is 0.551. The fraction of sp³-hybridized carbons (Fsp3) is 0.200. The Morgan fingerprint density at radius 2 is 2.18 bits per heavy atom. The molecule has 0 saturated heterocycles. The van der Waals surface area contributed by atoms with Crippen LogP contribution in [0.1, 0.15) is 19.4 Å². The monoisotopic (exact) mass is 377 g/mol. The first-order valence-electron chi connectivity index (χ1n) is 8.89. The molecule has 3 aromatic heterocycles. The average molecular weight is 377 g/mol. The van der Waals surface area contributed by atoms with Gasteiger partial charge in [-0.15, -0.1) is 0 Å². The fourth-order valence-electron chi connectivity index (χ4n) is 3.00. The third-order valence-corrected chi connectivity index (χ3v) is 4.40. The molecule has 0 saturated carbocycles. The normalized spacial score (nSPS) is 12.1. The molecule has 8 heteroatoms. The Balaban J connectivity index is 1.66. The summed E-state index contributed by atoms with van der Waals surface area (Å²) in [5.41, 5.74) is 2.37. The minimum absolute atomic E-state index is 0.180. The van der Waals surface area contributed by atoms with Crippen molar-refractivity contribution in [2.75, 3.05) is 12.4 Å². The Labute approximate surface area is 161 Å². The molecule has 1 aromatic carbocycles. The summed E-state index contributed by atoms with van der Waals surface area (Å²) in [6, 6.07) is 10.3. The third-order valence-electron chi connectivity index (χ3n) is 4.40. The average Bonchev–Trinajstić information content (AvgIpc) is 3.38. The number of rotatable bonds is 6. The van der Waals surface area contributed by atoms with E-state index < -0.39 is 6.04 Å². The highest BCUT2D eigenvalue weighted by molar-refractivity contribution is 5.95. The number of nitrogens with one attached hydrogen (secondary N) is 1. The van der Waals surface area contributed by atoms with E-state index in [0.29, 0.717) is 40.5 Å². The van der Waals surface area contributed by atoms with E-state index in [9.17, 15) is 4.79 Å². The van der Waals surface area contributed by atoms with Crippen LogP contribution >= 0.6 is 0 Å². The molecule has 142 valence electrons. The number of aromatic nitrogens is 4. The first kappa shape index (κ1) is 17.7. The minimum atomic E-state index is -0.420. The number of hydrogen-bond acceptors (Lipinski definition) is 6. The zero-order chi connectivity index (χ0) is 19.5. The Bertz CT molecular complexity index is 1070. The van der Waals surface area contributed by atoms with E-state index in [-0.39, 0.29) is 5.91 Å². The van der Waals surface area contributed by atoms with E-state index >= 15 is 0 Å². The smallest absolute Gasteiger partial charge is 0.249 e. The lowest BCUT2D eigenvalue weighted by Crippen LogP contribution is -2.26. The van der Waals surface area contributed by atoms with Gasteiger partial charge in [0, 0.05) is 24.2 Å². The van der Waals surface area contributed by atoms with Gasteiger partial charge in [-0.2, -0.15) is 10.1 Å². The van der Waals surface area contributed by atoms with Crippen LogP contribution in [0.4, 0.5) is 5.69 Å². The molecule has 28 heavy (non-hydrogen) atoms. The Kier molecular flexibility index (Phi) is 4.76. The van der Waals surface area contributed by atoms with Crippen LogP contribution in [0, 0.1) is 0 Å². The fourth-order valence-corrected chi connectivity index (χ4v) is 3.00. The highest BCUT2D eigenvalue weighted by Gasteiger charge is 2.21. The maximum atomic E-state index is 12.8. The van der Waals surface area contributed by atoms with Crippen molar-refractivity contribution in [3.05, 3.63) is 55.0 Å². The van der Waals surface area contributed by atoms with Crippen molar-refractivity contribution in [3.63, 3.8) is 0 Å². The summed E-state index contributed by atoms with van der Waals surface area (Å²) < 4.78 is 12.8. The lowest BCUT2D eigenvalue weighted by atomic mass is 10.1. The molecule has 0 aliphatic heterocycles. The Hall–Kier alpha value is -3.68. The molecule has 1 N–H and O–H groups in total. The van der Waals surface area contributed by atoms with Gasteiger partial charge >= 0.3 is 0 Å². The lowest BCUT2D eigenvalue weighted by Gasteiger charge is -2.17. The van der Waals surface area contributed by atoms with E-state index in [2.05, 4.69) is 20.4 Å². The largest absolute Gasteiger partial charge is 0.495 e. The number of carbonyl (C=O) groups excluding carboxylic acids is 1. The lowest BCUT2D eigenvalue weighted by molar-refractivity contribution is -0.119. The van der Waals surface area contributed by atoms with Gasteiger partial charge in [-0.25, -0.2) is 4.98 Å². The van der Waals surface area contributed by atoms with Crippen LogP contribution in [0.3, 0.4) is 0 Å². The van der Waals surface area contributed by atoms with Gasteiger partial charge in [-0.3, -0.25) is 9.48 Å². The molecule has 8 nitrogen and oxygen atoms in total. The molecule has 0 spiro atoms. The van der Waals surface area contributed by atoms with Gasteiger partial charge in [0.25, 0.3) is 0 Å². The zero-order valence-electron chi connectivity index (χ0n) is 15.5. The summed E-state index contributed by atoms with van der Waals surface area (Å²) in [6.07, 6.45) is 5.69. The van der Waals surface area contributed by atoms with Crippen LogP contribution in [-0.4, -0.2) is 32.8 Å². The summed E-state index contributed by atoms with van der Waals surface area (Å²) >= 11 is 0. The SMILES string of the molecule is CCC(C(=O)Nc1cc(-c2nc3ncccc3o2)ccc1OC)n1cccn1. The number of nitrogens with zero attached hydrogens (tertiary/aromatic N) is 4. The number of hydrogen-bond donors (Lipinski definition) is 1. The van der Waals surface area contributed by atoms with Gasteiger partial charge < -0.3 is 14.5 Å². The predicted molar refractivity (Wildman–Crippen MR) is 104 cm³/mol. The molecular weight excluding hydrogens is 358 g/mol. The zero-order valence-corrected chi connectivity index (χ0v) is 15.5. The summed E-state index contributed by atoms with van der Waals surface area (Å²) in [5, 5.41) is 7.11. The molecule has 0 aliphatic carbocycles. The predicted octanol–water partition coefficient (Wildman–Crippen LogP) is 3.68.